The van der Waals surface area contributed by atoms with Crippen LogP contribution in [0, 0.1) is 0 Å². The van der Waals surface area contributed by atoms with Crippen molar-refractivity contribution in [3.8, 4) is 5.75 Å². The lowest BCUT2D eigenvalue weighted by Crippen LogP contribution is -2.36. The maximum absolute atomic E-state index is 13.0. The number of hydrogen-bond acceptors (Lipinski definition) is 2. The monoisotopic (exact) mass is 407 g/mol. The van der Waals surface area contributed by atoms with Crippen LogP contribution in [0.25, 0.3) is 0 Å². The zero-order valence-electron chi connectivity index (χ0n) is 13.7. The second-order valence-electron chi connectivity index (χ2n) is 6.21. The average molecular weight is 409 g/mol. The Morgan fingerprint density at radius 2 is 1.92 bits per heavy atom. The molecule has 2 aromatic carbocycles. The van der Waals surface area contributed by atoms with Crippen molar-refractivity contribution in [2.24, 2.45) is 0 Å². The van der Waals surface area contributed by atoms with E-state index in [2.05, 4.69) is 15.9 Å². The Labute approximate surface area is 155 Å². The fraction of sp³-hybridized carbons (Fsp3) is 0.316. The quantitative estimate of drug-likeness (QED) is 0.711. The van der Waals surface area contributed by atoms with Gasteiger partial charge in [0.05, 0.1) is 12.5 Å². The Bertz CT molecular complexity index is 756. The fourth-order valence-corrected chi connectivity index (χ4v) is 3.54. The Balaban J connectivity index is 1.80. The van der Waals surface area contributed by atoms with Crippen LogP contribution in [0.3, 0.4) is 0 Å². The van der Waals surface area contributed by atoms with E-state index in [1.54, 1.807) is 18.1 Å². The number of benzene rings is 2. The van der Waals surface area contributed by atoms with Crippen molar-refractivity contribution in [1.29, 1.82) is 0 Å². The van der Waals surface area contributed by atoms with Gasteiger partial charge in [-0.15, -0.1) is 0 Å². The topological polar surface area (TPSA) is 29.5 Å². The summed E-state index contributed by atoms with van der Waals surface area (Å²) in [5, 5.41) is 0.640. The van der Waals surface area contributed by atoms with Crippen LogP contribution in [-0.4, -0.2) is 25.0 Å². The van der Waals surface area contributed by atoms with E-state index in [0.29, 0.717) is 11.6 Å². The van der Waals surface area contributed by atoms with Crippen LogP contribution in [0.15, 0.2) is 46.9 Å². The third kappa shape index (κ3) is 3.31. The molecule has 0 radical (unpaired) electrons. The summed E-state index contributed by atoms with van der Waals surface area (Å²) in [6.07, 6.45) is 1.79. The molecule has 0 bridgehead atoms. The number of carbonyl (C=O) groups excluding carboxylic acids is 1. The summed E-state index contributed by atoms with van der Waals surface area (Å²) < 4.78 is 6.40. The number of halogens is 2. The van der Waals surface area contributed by atoms with Gasteiger partial charge in [-0.05, 0) is 48.7 Å². The van der Waals surface area contributed by atoms with Crippen molar-refractivity contribution in [3.05, 3.63) is 63.1 Å². The number of hydrogen-bond donors (Lipinski definition) is 0. The van der Waals surface area contributed by atoms with Crippen molar-refractivity contribution >= 4 is 33.4 Å². The van der Waals surface area contributed by atoms with Gasteiger partial charge in [0.1, 0.15) is 5.75 Å². The van der Waals surface area contributed by atoms with Crippen LogP contribution in [-0.2, 0) is 16.8 Å². The van der Waals surface area contributed by atoms with E-state index in [9.17, 15) is 4.79 Å². The van der Waals surface area contributed by atoms with Crippen LogP contribution >= 0.6 is 27.5 Å². The van der Waals surface area contributed by atoms with Crippen molar-refractivity contribution in [2.75, 3.05) is 14.2 Å². The maximum atomic E-state index is 13.0. The van der Waals surface area contributed by atoms with Gasteiger partial charge in [0, 0.05) is 28.7 Å². The molecule has 0 atom stereocenters. The van der Waals surface area contributed by atoms with Gasteiger partial charge in [-0.3, -0.25) is 4.79 Å². The molecule has 0 aromatic heterocycles. The van der Waals surface area contributed by atoms with E-state index >= 15 is 0 Å². The van der Waals surface area contributed by atoms with Gasteiger partial charge >= 0.3 is 0 Å². The molecule has 1 aliphatic rings. The average Bonchev–Trinajstić information content (AvgIpc) is 3.37. The van der Waals surface area contributed by atoms with E-state index in [1.165, 1.54) is 0 Å². The van der Waals surface area contributed by atoms with Gasteiger partial charge in [-0.25, -0.2) is 0 Å². The molecule has 0 heterocycles. The second kappa shape index (κ2) is 6.77. The molecular weight excluding hydrogens is 390 g/mol. The van der Waals surface area contributed by atoms with Crippen molar-refractivity contribution in [1.82, 2.24) is 4.90 Å². The molecule has 0 spiro atoms. The summed E-state index contributed by atoms with van der Waals surface area (Å²) in [5.41, 5.74) is 1.62. The zero-order valence-corrected chi connectivity index (χ0v) is 16.0. The van der Waals surface area contributed by atoms with Gasteiger partial charge < -0.3 is 9.64 Å². The molecule has 1 fully saturated rings. The van der Waals surface area contributed by atoms with Crippen molar-refractivity contribution in [2.45, 2.75) is 24.8 Å². The summed E-state index contributed by atoms with van der Waals surface area (Å²) in [5.74, 6) is 0.888. The molecule has 126 valence electrons. The molecule has 5 heteroatoms. The first-order valence-electron chi connectivity index (χ1n) is 7.80. The minimum absolute atomic E-state index is 0.145. The second-order valence-corrected chi connectivity index (χ2v) is 7.56. The Morgan fingerprint density at radius 3 is 2.50 bits per heavy atom. The first-order valence-corrected chi connectivity index (χ1v) is 8.97. The predicted octanol–water partition coefficient (Wildman–Crippen LogP) is 4.80. The van der Waals surface area contributed by atoms with E-state index in [4.69, 9.17) is 16.3 Å². The molecule has 3 nitrogen and oxygen atoms in total. The van der Waals surface area contributed by atoms with Crippen LogP contribution in [0.2, 0.25) is 5.02 Å². The molecule has 2 aromatic rings. The zero-order chi connectivity index (χ0) is 17.3. The largest absolute Gasteiger partial charge is 0.496 e. The van der Waals surface area contributed by atoms with Crippen molar-refractivity contribution < 1.29 is 9.53 Å². The van der Waals surface area contributed by atoms with E-state index < -0.39 is 0 Å². The Morgan fingerprint density at radius 1 is 1.25 bits per heavy atom. The van der Waals surface area contributed by atoms with Crippen molar-refractivity contribution in [3.63, 3.8) is 0 Å². The first kappa shape index (κ1) is 17.3. The summed E-state index contributed by atoms with van der Waals surface area (Å²) in [7, 11) is 3.46. The van der Waals surface area contributed by atoms with Gasteiger partial charge in [0.25, 0.3) is 0 Å². The third-order valence-electron chi connectivity index (χ3n) is 4.55. The third-order valence-corrected chi connectivity index (χ3v) is 5.32. The smallest absolute Gasteiger partial charge is 0.233 e. The molecule has 1 saturated carbocycles. The van der Waals surface area contributed by atoms with Gasteiger partial charge in [0.15, 0.2) is 0 Å². The lowest BCUT2D eigenvalue weighted by molar-refractivity contribution is -0.133. The summed E-state index contributed by atoms with van der Waals surface area (Å²) in [4.78, 5) is 14.8. The minimum atomic E-state index is -0.374. The minimum Gasteiger partial charge on any atom is -0.496 e. The number of ether oxygens (including phenoxy) is 1. The summed E-state index contributed by atoms with van der Waals surface area (Å²) >= 11 is 9.53. The van der Waals surface area contributed by atoms with Gasteiger partial charge in [0.2, 0.25) is 5.91 Å². The lowest BCUT2D eigenvalue weighted by Gasteiger charge is -2.25. The molecule has 0 N–H and O–H groups in total. The molecule has 0 aliphatic heterocycles. The number of methoxy groups -OCH3 is 1. The van der Waals surface area contributed by atoms with E-state index in [0.717, 1.165) is 34.2 Å². The molecule has 1 aliphatic carbocycles. The van der Waals surface area contributed by atoms with Crippen LogP contribution in [0.4, 0.5) is 0 Å². The standard InChI is InChI=1S/C19H19BrClNO2/c1-22(12-13-11-16(21)7-8-17(13)24-2)18(23)19(9-10-19)14-3-5-15(20)6-4-14/h3-8,11H,9-10,12H2,1-2H3. The van der Waals surface area contributed by atoms with Crippen LogP contribution in [0.5, 0.6) is 5.75 Å². The SMILES string of the molecule is COc1ccc(Cl)cc1CN(C)C(=O)C1(c2ccc(Br)cc2)CC1. The fourth-order valence-electron chi connectivity index (χ4n) is 3.08. The first-order chi connectivity index (χ1) is 11.5. The lowest BCUT2D eigenvalue weighted by atomic mass is 9.94. The highest BCUT2D eigenvalue weighted by Gasteiger charge is 2.52. The highest BCUT2D eigenvalue weighted by atomic mass is 79.9. The highest BCUT2D eigenvalue weighted by molar-refractivity contribution is 9.10. The van der Waals surface area contributed by atoms with Crippen LogP contribution in [0.1, 0.15) is 24.0 Å². The van der Waals surface area contributed by atoms with E-state index in [-0.39, 0.29) is 11.3 Å². The summed E-state index contributed by atoms with van der Waals surface area (Å²) in [6.45, 7) is 0.473. The summed E-state index contributed by atoms with van der Waals surface area (Å²) in [6, 6.07) is 13.5. The molecule has 1 amide bonds. The molecule has 0 unspecified atom stereocenters. The van der Waals surface area contributed by atoms with Crippen LogP contribution < -0.4 is 4.74 Å². The number of rotatable bonds is 5. The highest BCUT2D eigenvalue weighted by Crippen LogP contribution is 2.49. The predicted molar refractivity (Wildman–Crippen MR) is 99.5 cm³/mol. The van der Waals surface area contributed by atoms with Gasteiger partial charge in [-0.2, -0.15) is 0 Å². The number of likely N-dealkylation sites (N-methyl/N-ethyl adjacent to an activating group) is 1. The molecule has 0 saturated heterocycles. The normalized spacial score (nSPS) is 15.0. The van der Waals surface area contributed by atoms with Gasteiger partial charge in [-0.1, -0.05) is 39.7 Å². The maximum Gasteiger partial charge on any atom is 0.233 e. The van der Waals surface area contributed by atoms with E-state index in [1.807, 2.05) is 43.4 Å². The Hall–Kier alpha value is -1.52. The molecular formula is C19H19BrClNO2. The molecule has 24 heavy (non-hydrogen) atoms. The number of carbonyl (C=O) groups is 1. The Kier molecular flexibility index (Phi) is 4.88. The molecule has 3 rings (SSSR count). The number of nitrogens with zero attached hydrogens (tertiary/aromatic N) is 1. The number of amides is 1.